The summed E-state index contributed by atoms with van der Waals surface area (Å²) in [4.78, 5) is 4.54. The number of benzene rings is 4. The van der Waals surface area contributed by atoms with Crippen LogP contribution in [0.5, 0.6) is 0 Å². The second-order valence-corrected chi connectivity index (χ2v) is 8.32. The lowest BCUT2D eigenvalue weighted by Gasteiger charge is -2.10. The lowest BCUT2D eigenvalue weighted by Crippen LogP contribution is -1.98. The number of nitrogens with zero attached hydrogens (tertiary/aromatic N) is 3. The maximum atomic E-state index is 10.1. The quantitative estimate of drug-likeness (QED) is 0.281. The van der Waals surface area contributed by atoms with Gasteiger partial charge in [-0.1, -0.05) is 54.6 Å². The van der Waals surface area contributed by atoms with E-state index in [4.69, 9.17) is 4.42 Å². The number of nitriles is 1. The van der Waals surface area contributed by atoms with E-state index in [-0.39, 0.29) is 0 Å². The summed E-state index contributed by atoms with van der Waals surface area (Å²) in [6.45, 7) is 0. The topological polar surface area (TPSA) is 54.8 Å². The number of para-hydroxylation sites is 3. The summed E-state index contributed by atoms with van der Waals surface area (Å²) >= 11 is 0. The average Bonchev–Trinajstić information content (AvgIpc) is 3.44. The molecule has 0 saturated carbocycles. The molecule has 158 valence electrons. The third-order valence-corrected chi connectivity index (χ3v) is 6.51. The number of aromatic nitrogens is 2. The van der Waals surface area contributed by atoms with Crippen LogP contribution in [0.15, 0.2) is 108 Å². The summed E-state index contributed by atoms with van der Waals surface area (Å²) in [7, 11) is 0. The van der Waals surface area contributed by atoms with E-state index in [2.05, 4.69) is 46.0 Å². The third-order valence-electron chi connectivity index (χ3n) is 6.51. The molecule has 4 aromatic carbocycles. The van der Waals surface area contributed by atoms with Crippen molar-refractivity contribution >= 4 is 43.7 Å². The number of hydrogen-bond acceptors (Lipinski definition) is 3. The Morgan fingerprint density at radius 2 is 1.32 bits per heavy atom. The number of rotatable bonds is 2. The zero-order valence-electron chi connectivity index (χ0n) is 18.1. The predicted octanol–water partition coefficient (Wildman–Crippen LogP) is 7.62. The number of hydrogen-bond donors (Lipinski definition) is 0. The molecule has 0 aliphatic carbocycles. The Morgan fingerprint density at radius 3 is 2.03 bits per heavy atom. The molecule has 0 amide bonds. The number of furan rings is 1. The lowest BCUT2D eigenvalue weighted by atomic mass is 10.0. The molecule has 0 unspecified atom stereocenters. The van der Waals surface area contributed by atoms with Crippen molar-refractivity contribution in [3.8, 4) is 23.0 Å². The highest BCUT2D eigenvalue weighted by Crippen LogP contribution is 2.41. The van der Waals surface area contributed by atoms with E-state index >= 15 is 0 Å². The van der Waals surface area contributed by atoms with Gasteiger partial charge in [0.1, 0.15) is 17.3 Å². The van der Waals surface area contributed by atoms with Gasteiger partial charge in [-0.3, -0.25) is 4.98 Å². The Labute approximate surface area is 194 Å². The van der Waals surface area contributed by atoms with Crippen molar-refractivity contribution in [3.63, 3.8) is 0 Å². The fourth-order valence-corrected chi connectivity index (χ4v) is 5.05. The second-order valence-electron chi connectivity index (χ2n) is 8.32. The molecule has 7 rings (SSSR count). The Hall–Kier alpha value is -4.88. The first kappa shape index (κ1) is 18.7. The van der Waals surface area contributed by atoms with Crippen LogP contribution in [0.4, 0.5) is 0 Å². The van der Waals surface area contributed by atoms with Crippen LogP contribution in [0.1, 0.15) is 5.56 Å². The van der Waals surface area contributed by atoms with Gasteiger partial charge in [-0.2, -0.15) is 5.26 Å². The van der Waals surface area contributed by atoms with Crippen LogP contribution in [0.2, 0.25) is 0 Å². The molecule has 0 fully saturated rings. The molecule has 34 heavy (non-hydrogen) atoms. The van der Waals surface area contributed by atoms with Crippen molar-refractivity contribution < 1.29 is 4.42 Å². The number of pyridine rings is 1. The molecule has 4 heteroatoms. The van der Waals surface area contributed by atoms with Crippen LogP contribution in [0, 0.1) is 11.3 Å². The molecule has 0 atom stereocenters. The molecule has 3 aromatic heterocycles. The second kappa shape index (κ2) is 7.06. The zero-order valence-corrected chi connectivity index (χ0v) is 18.1. The SMILES string of the molecule is N#Cc1ccc2c(oc3c(-c4ccccn4)cccc32)c1-n1c2ccccc2c2ccccc21. The van der Waals surface area contributed by atoms with Gasteiger partial charge in [0.25, 0.3) is 0 Å². The highest BCUT2D eigenvalue weighted by atomic mass is 16.3. The molecule has 0 radical (unpaired) electrons. The van der Waals surface area contributed by atoms with Gasteiger partial charge in [0.15, 0.2) is 5.58 Å². The summed E-state index contributed by atoms with van der Waals surface area (Å²) in [6, 6.07) is 34.8. The summed E-state index contributed by atoms with van der Waals surface area (Å²) in [5.74, 6) is 0. The zero-order chi connectivity index (χ0) is 22.6. The van der Waals surface area contributed by atoms with Crippen molar-refractivity contribution in [2.75, 3.05) is 0 Å². The van der Waals surface area contributed by atoms with Crippen molar-refractivity contribution in [1.82, 2.24) is 9.55 Å². The van der Waals surface area contributed by atoms with Crippen LogP contribution in [-0.2, 0) is 0 Å². The van der Waals surface area contributed by atoms with Gasteiger partial charge in [-0.15, -0.1) is 0 Å². The Kier molecular flexibility index (Phi) is 3.88. The highest BCUT2D eigenvalue weighted by Gasteiger charge is 2.22. The molecule has 0 bridgehead atoms. The fraction of sp³-hybridized carbons (Fsp3) is 0. The van der Waals surface area contributed by atoms with Crippen LogP contribution in [-0.4, -0.2) is 9.55 Å². The fourth-order valence-electron chi connectivity index (χ4n) is 5.05. The minimum Gasteiger partial charge on any atom is -0.453 e. The first-order valence-electron chi connectivity index (χ1n) is 11.1. The van der Waals surface area contributed by atoms with Gasteiger partial charge >= 0.3 is 0 Å². The standard InChI is InChI=1S/C30H17N3O/c31-18-19-15-16-23-22-10-7-11-24(25-12-5-6-17-32-25)29(22)34-30(23)28(19)33-26-13-3-1-8-20(26)21-9-2-4-14-27(21)33/h1-17H. The predicted molar refractivity (Wildman–Crippen MR) is 136 cm³/mol. The lowest BCUT2D eigenvalue weighted by molar-refractivity contribution is 0.667. The molecule has 0 N–H and O–H groups in total. The third kappa shape index (κ3) is 2.49. The molecule has 3 heterocycles. The summed E-state index contributed by atoms with van der Waals surface area (Å²) in [6.07, 6.45) is 1.79. The van der Waals surface area contributed by atoms with E-state index in [1.165, 1.54) is 0 Å². The maximum absolute atomic E-state index is 10.1. The molecular weight excluding hydrogens is 418 g/mol. The Bertz CT molecular complexity index is 1870. The maximum Gasteiger partial charge on any atom is 0.160 e. The molecular formula is C30H17N3O. The van der Waals surface area contributed by atoms with Crippen molar-refractivity contribution in [2.24, 2.45) is 0 Å². The normalized spacial score (nSPS) is 11.5. The first-order chi connectivity index (χ1) is 16.8. The minimum absolute atomic E-state index is 0.567. The van der Waals surface area contributed by atoms with E-state index < -0.39 is 0 Å². The van der Waals surface area contributed by atoms with Gasteiger partial charge in [0.2, 0.25) is 0 Å². The van der Waals surface area contributed by atoms with Gasteiger partial charge < -0.3 is 8.98 Å². The largest absolute Gasteiger partial charge is 0.453 e. The monoisotopic (exact) mass is 435 g/mol. The van der Waals surface area contributed by atoms with Gasteiger partial charge in [-0.05, 0) is 42.5 Å². The smallest absolute Gasteiger partial charge is 0.160 e. The van der Waals surface area contributed by atoms with Crippen LogP contribution < -0.4 is 0 Å². The van der Waals surface area contributed by atoms with E-state index in [0.717, 1.165) is 55.1 Å². The van der Waals surface area contributed by atoms with E-state index in [0.29, 0.717) is 11.1 Å². The van der Waals surface area contributed by atoms with Gasteiger partial charge in [-0.25, -0.2) is 0 Å². The van der Waals surface area contributed by atoms with Gasteiger partial charge in [0.05, 0.1) is 22.3 Å². The highest BCUT2D eigenvalue weighted by molar-refractivity contribution is 6.14. The number of fused-ring (bicyclic) bond motifs is 6. The average molecular weight is 435 g/mol. The van der Waals surface area contributed by atoms with Gasteiger partial charge in [0, 0.05) is 33.3 Å². The van der Waals surface area contributed by atoms with Crippen LogP contribution in [0.3, 0.4) is 0 Å². The van der Waals surface area contributed by atoms with Crippen LogP contribution >= 0.6 is 0 Å². The van der Waals surface area contributed by atoms with E-state index in [1.54, 1.807) is 6.20 Å². The molecule has 0 aliphatic rings. The molecule has 0 spiro atoms. The molecule has 7 aromatic rings. The first-order valence-corrected chi connectivity index (χ1v) is 11.1. The Balaban J connectivity index is 1.67. The summed E-state index contributed by atoms with van der Waals surface area (Å²) < 4.78 is 8.78. The van der Waals surface area contributed by atoms with Crippen molar-refractivity contribution in [2.45, 2.75) is 0 Å². The van der Waals surface area contributed by atoms with Crippen molar-refractivity contribution in [3.05, 3.63) is 109 Å². The van der Waals surface area contributed by atoms with E-state index in [9.17, 15) is 5.26 Å². The molecule has 4 nitrogen and oxygen atoms in total. The van der Waals surface area contributed by atoms with Crippen molar-refractivity contribution in [1.29, 1.82) is 5.26 Å². The summed E-state index contributed by atoms with van der Waals surface area (Å²) in [5.41, 5.74) is 6.67. The summed E-state index contributed by atoms with van der Waals surface area (Å²) in [5, 5.41) is 14.4. The molecule has 0 aliphatic heterocycles. The Morgan fingerprint density at radius 1 is 0.647 bits per heavy atom. The minimum atomic E-state index is 0.567. The van der Waals surface area contributed by atoms with E-state index in [1.807, 2.05) is 66.7 Å². The van der Waals surface area contributed by atoms with Crippen LogP contribution in [0.25, 0.3) is 60.7 Å². The molecule has 0 saturated heterocycles.